The van der Waals surface area contributed by atoms with Gasteiger partial charge in [-0.3, -0.25) is 4.79 Å². The van der Waals surface area contributed by atoms with Gasteiger partial charge in [-0.1, -0.05) is 34.8 Å². The van der Waals surface area contributed by atoms with E-state index in [0.29, 0.717) is 10.7 Å². The first kappa shape index (κ1) is 14.2. The van der Waals surface area contributed by atoms with E-state index in [9.17, 15) is 13.6 Å². The van der Waals surface area contributed by atoms with E-state index >= 15 is 0 Å². The van der Waals surface area contributed by atoms with E-state index in [1.807, 2.05) is 0 Å². The third kappa shape index (κ3) is 2.59. The van der Waals surface area contributed by atoms with Gasteiger partial charge >= 0.3 is 0 Å². The minimum Gasteiger partial charge on any atom is -0.298 e. The summed E-state index contributed by atoms with van der Waals surface area (Å²) in [4.78, 5) is 10.8. The van der Waals surface area contributed by atoms with Gasteiger partial charge in [0.2, 0.25) is 0 Å². The summed E-state index contributed by atoms with van der Waals surface area (Å²) in [5, 5.41) is 3.94. The molecule has 0 aliphatic carbocycles. The molecule has 0 spiro atoms. The molecule has 0 amide bonds. The normalized spacial score (nSPS) is 11.1. The van der Waals surface area contributed by atoms with Crippen molar-refractivity contribution >= 4 is 41.1 Å². The second-order valence-electron chi connectivity index (χ2n) is 3.52. The number of rotatable bonds is 3. The first-order valence-corrected chi connectivity index (χ1v) is 6.06. The van der Waals surface area contributed by atoms with Crippen LogP contribution >= 0.6 is 34.8 Å². The summed E-state index contributed by atoms with van der Waals surface area (Å²) in [7, 11) is 0. The first-order chi connectivity index (χ1) is 8.95. The Balaban J connectivity index is 2.62. The molecular formula is C11H5Cl3F2N2O. The molecule has 1 aromatic carbocycles. The highest BCUT2D eigenvalue weighted by atomic mass is 35.5. The monoisotopic (exact) mass is 324 g/mol. The molecule has 19 heavy (non-hydrogen) atoms. The highest BCUT2D eigenvalue weighted by Gasteiger charge is 2.23. The van der Waals surface area contributed by atoms with Gasteiger partial charge in [0, 0.05) is 0 Å². The predicted octanol–water partition coefficient (Wildman–Crippen LogP) is 4.58. The van der Waals surface area contributed by atoms with Crippen LogP contribution in [0.15, 0.2) is 18.2 Å². The fourth-order valence-electron chi connectivity index (χ4n) is 1.48. The number of aromatic nitrogens is 2. The molecule has 2 aromatic rings. The Bertz CT molecular complexity index is 643. The Hall–Kier alpha value is -1.17. The Morgan fingerprint density at radius 2 is 1.89 bits per heavy atom. The van der Waals surface area contributed by atoms with Crippen molar-refractivity contribution in [3.63, 3.8) is 0 Å². The van der Waals surface area contributed by atoms with Crippen molar-refractivity contribution < 1.29 is 13.6 Å². The molecule has 100 valence electrons. The van der Waals surface area contributed by atoms with Gasteiger partial charge in [0.15, 0.2) is 6.29 Å². The summed E-state index contributed by atoms with van der Waals surface area (Å²) in [5.41, 5.74) is -0.691. The van der Waals surface area contributed by atoms with Crippen LogP contribution in [0, 0.1) is 0 Å². The molecule has 0 unspecified atom stereocenters. The maximum absolute atomic E-state index is 12.7. The highest BCUT2D eigenvalue weighted by Crippen LogP contribution is 2.31. The molecule has 0 saturated carbocycles. The molecule has 0 aliphatic heterocycles. The molecular weight excluding hydrogens is 320 g/mol. The number of hydrogen-bond acceptors (Lipinski definition) is 2. The zero-order chi connectivity index (χ0) is 14.2. The van der Waals surface area contributed by atoms with Crippen molar-refractivity contribution in [3.05, 3.63) is 44.7 Å². The molecule has 8 heteroatoms. The molecule has 0 radical (unpaired) electrons. The summed E-state index contributed by atoms with van der Waals surface area (Å²) in [5.74, 6) is 0. The van der Waals surface area contributed by atoms with E-state index in [2.05, 4.69) is 5.10 Å². The third-order valence-corrected chi connectivity index (χ3v) is 3.47. The van der Waals surface area contributed by atoms with Gasteiger partial charge in [0.05, 0.1) is 21.3 Å². The minimum atomic E-state index is -2.90. The number of alkyl halides is 2. The molecule has 1 heterocycles. The van der Waals surface area contributed by atoms with Gasteiger partial charge in [-0.2, -0.15) is 5.10 Å². The van der Waals surface area contributed by atoms with Crippen molar-refractivity contribution in [2.45, 2.75) is 6.43 Å². The minimum absolute atomic E-state index is 0.205. The van der Waals surface area contributed by atoms with Crippen LogP contribution in [0.1, 0.15) is 22.5 Å². The molecule has 0 bridgehead atoms. The fraction of sp³-hybridized carbons (Fsp3) is 0.0909. The van der Waals surface area contributed by atoms with Gasteiger partial charge in [-0.15, -0.1) is 0 Å². The Morgan fingerprint density at radius 1 is 1.21 bits per heavy atom. The molecule has 0 N–H and O–H groups in total. The summed E-state index contributed by atoms with van der Waals surface area (Å²) >= 11 is 17.4. The average molecular weight is 326 g/mol. The van der Waals surface area contributed by atoms with Crippen LogP contribution in [0.2, 0.25) is 15.2 Å². The first-order valence-electron chi connectivity index (χ1n) is 4.93. The van der Waals surface area contributed by atoms with Crippen molar-refractivity contribution in [2.24, 2.45) is 0 Å². The topological polar surface area (TPSA) is 34.9 Å². The highest BCUT2D eigenvalue weighted by molar-refractivity contribution is 6.42. The van der Waals surface area contributed by atoms with Crippen LogP contribution in [-0.4, -0.2) is 16.1 Å². The van der Waals surface area contributed by atoms with E-state index in [1.165, 1.54) is 18.2 Å². The lowest BCUT2D eigenvalue weighted by atomic mass is 10.3. The summed E-state index contributed by atoms with van der Waals surface area (Å²) < 4.78 is 26.5. The molecule has 2 rings (SSSR count). The van der Waals surface area contributed by atoms with Crippen LogP contribution in [-0.2, 0) is 0 Å². The Morgan fingerprint density at radius 3 is 2.37 bits per heavy atom. The number of carbonyl (C=O) groups excluding carboxylic acids is 1. The molecule has 0 aliphatic rings. The van der Waals surface area contributed by atoms with Crippen LogP contribution in [0.5, 0.6) is 0 Å². The van der Waals surface area contributed by atoms with Crippen molar-refractivity contribution in [1.82, 2.24) is 9.78 Å². The second-order valence-corrected chi connectivity index (χ2v) is 4.69. The number of carbonyl (C=O) groups is 1. The van der Waals surface area contributed by atoms with Gasteiger partial charge in [-0.05, 0) is 18.2 Å². The van der Waals surface area contributed by atoms with Crippen molar-refractivity contribution in [1.29, 1.82) is 0 Å². The van der Waals surface area contributed by atoms with Crippen molar-refractivity contribution in [3.8, 4) is 5.69 Å². The number of hydrogen-bond donors (Lipinski definition) is 0. The fourth-order valence-corrected chi connectivity index (χ4v) is 2.05. The van der Waals surface area contributed by atoms with Gasteiger partial charge < -0.3 is 0 Å². The van der Waals surface area contributed by atoms with Crippen LogP contribution in [0.3, 0.4) is 0 Å². The van der Waals surface area contributed by atoms with Crippen molar-refractivity contribution in [2.75, 3.05) is 0 Å². The zero-order valence-electron chi connectivity index (χ0n) is 9.08. The predicted molar refractivity (Wildman–Crippen MR) is 68.9 cm³/mol. The molecule has 3 nitrogen and oxygen atoms in total. The van der Waals surface area contributed by atoms with E-state index in [-0.39, 0.29) is 22.0 Å². The number of aldehydes is 1. The van der Waals surface area contributed by atoms with Gasteiger partial charge in [0.1, 0.15) is 10.8 Å². The van der Waals surface area contributed by atoms with Crippen LogP contribution < -0.4 is 0 Å². The van der Waals surface area contributed by atoms with Gasteiger partial charge in [0.25, 0.3) is 6.43 Å². The summed E-state index contributed by atoms with van der Waals surface area (Å²) in [6.45, 7) is 0. The molecule has 0 fully saturated rings. The van der Waals surface area contributed by atoms with E-state index < -0.39 is 12.1 Å². The SMILES string of the molecule is O=Cc1c(C(F)F)nn(-c2ccc(Cl)c(Cl)c2)c1Cl. The van der Waals surface area contributed by atoms with E-state index in [4.69, 9.17) is 34.8 Å². The van der Waals surface area contributed by atoms with E-state index in [0.717, 1.165) is 4.68 Å². The quantitative estimate of drug-likeness (QED) is 0.774. The standard InChI is InChI=1S/C11H5Cl3F2N2O/c12-7-2-1-5(3-8(7)13)18-10(14)6(4-19)9(17-18)11(15)16/h1-4,11H. The number of benzene rings is 1. The maximum atomic E-state index is 12.7. The lowest BCUT2D eigenvalue weighted by Gasteiger charge is -2.04. The third-order valence-electron chi connectivity index (χ3n) is 2.36. The molecule has 0 atom stereocenters. The number of halogens is 5. The van der Waals surface area contributed by atoms with E-state index in [1.54, 1.807) is 0 Å². The number of nitrogens with zero attached hydrogens (tertiary/aromatic N) is 2. The van der Waals surface area contributed by atoms with Crippen LogP contribution in [0.4, 0.5) is 8.78 Å². The maximum Gasteiger partial charge on any atom is 0.282 e. The van der Waals surface area contributed by atoms with Crippen LogP contribution in [0.25, 0.3) is 5.69 Å². The molecule has 0 saturated heterocycles. The largest absolute Gasteiger partial charge is 0.298 e. The average Bonchev–Trinajstić information content (AvgIpc) is 2.70. The van der Waals surface area contributed by atoms with Gasteiger partial charge in [-0.25, -0.2) is 13.5 Å². The summed E-state index contributed by atoms with van der Waals surface area (Å²) in [6, 6.07) is 4.38. The lowest BCUT2D eigenvalue weighted by Crippen LogP contribution is -1.97. The lowest BCUT2D eigenvalue weighted by molar-refractivity contribution is 0.110. The Labute approximate surface area is 121 Å². The molecule has 1 aromatic heterocycles. The summed E-state index contributed by atoms with van der Waals surface area (Å²) in [6.07, 6.45) is -2.66. The smallest absolute Gasteiger partial charge is 0.282 e. The Kier molecular flexibility index (Phi) is 4.08. The second kappa shape index (κ2) is 5.45. The zero-order valence-corrected chi connectivity index (χ0v) is 11.3.